The number of hydrogen-bond donors (Lipinski definition) is 1. The van der Waals surface area contributed by atoms with E-state index in [0.717, 1.165) is 25.3 Å². The van der Waals surface area contributed by atoms with Gasteiger partial charge in [-0.1, -0.05) is 18.9 Å². The maximum atomic E-state index is 12.7. The number of hydrogen-bond acceptors (Lipinski definition) is 5. The Morgan fingerprint density at radius 1 is 1.33 bits per heavy atom. The van der Waals surface area contributed by atoms with Crippen molar-refractivity contribution in [3.8, 4) is 0 Å². The standard InChI is InChI=1S/C13H18N2O5S/c16-10-12-5-2-1-3-8-14(12)21(19,20)13-7-4-6-11(9-13)15(17)18/h4,6-7,9,12,16H,1-3,5,8,10H2. The van der Waals surface area contributed by atoms with Gasteiger partial charge in [0.25, 0.3) is 5.69 Å². The predicted molar refractivity (Wildman–Crippen MR) is 76.3 cm³/mol. The summed E-state index contributed by atoms with van der Waals surface area (Å²) in [4.78, 5) is 10.1. The van der Waals surface area contributed by atoms with Gasteiger partial charge in [-0.25, -0.2) is 8.42 Å². The van der Waals surface area contributed by atoms with Crippen molar-refractivity contribution >= 4 is 15.7 Å². The second kappa shape index (κ2) is 6.50. The summed E-state index contributed by atoms with van der Waals surface area (Å²) in [7, 11) is -3.83. The molecule has 1 aliphatic rings. The van der Waals surface area contributed by atoms with E-state index in [2.05, 4.69) is 0 Å². The van der Waals surface area contributed by atoms with Crippen LogP contribution in [0, 0.1) is 10.1 Å². The van der Waals surface area contributed by atoms with Gasteiger partial charge in [0, 0.05) is 24.7 Å². The van der Waals surface area contributed by atoms with Gasteiger partial charge in [-0.3, -0.25) is 10.1 Å². The highest BCUT2D eigenvalue weighted by molar-refractivity contribution is 7.89. The molecule has 1 heterocycles. The monoisotopic (exact) mass is 314 g/mol. The van der Waals surface area contributed by atoms with Crippen LogP contribution in [0.25, 0.3) is 0 Å². The average Bonchev–Trinajstić information content (AvgIpc) is 2.73. The van der Waals surface area contributed by atoms with Gasteiger partial charge in [0.15, 0.2) is 0 Å². The van der Waals surface area contributed by atoms with Crippen LogP contribution in [-0.2, 0) is 10.0 Å². The first-order valence-electron chi connectivity index (χ1n) is 6.84. The lowest BCUT2D eigenvalue weighted by Crippen LogP contribution is -2.42. The zero-order chi connectivity index (χ0) is 15.5. The highest BCUT2D eigenvalue weighted by Gasteiger charge is 2.32. The van der Waals surface area contributed by atoms with E-state index >= 15 is 0 Å². The van der Waals surface area contributed by atoms with Crippen molar-refractivity contribution in [1.29, 1.82) is 0 Å². The quantitative estimate of drug-likeness (QED) is 0.670. The minimum Gasteiger partial charge on any atom is -0.395 e. The third-order valence-corrected chi connectivity index (χ3v) is 5.62. The Labute approximate surface area is 123 Å². The number of nitro groups is 1. The number of nitrogens with zero attached hydrogens (tertiary/aromatic N) is 2. The summed E-state index contributed by atoms with van der Waals surface area (Å²) in [6.45, 7) is 0.0877. The van der Waals surface area contributed by atoms with Gasteiger partial charge in [-0.05, 0) is 18.9 Å². The summed E-state index contributed by atoms with van der Waals surface area (Å²) in [5, 5.41) is 20.2. The van der Waals surface area contributed by atoms with E-state index in [0.29, 0.717) is 13.0 Å². The molecule has 1 aliphatic heterocycles. The van der Waals surface area contributed by atoms with Crippen molar-refractivity contribution in [1.82, 2.24) is 4.31 Å². The lowest BCUT2D eigenvalue weighted by atomic mass is 10.1. The number of rotatable bonds is 4. The number of sulfonamides is 1. The Morgan fingerprint density at radius 2 is 2.10 bits per heavy atom. The SMILES string of the molecule is O=[N+]([O-])c1cccc(S(=O)(=O)N2CCCCCC2CO)c1. The van der Waals surface area contributed by atoms with Gasteiger partial charge >= 0.3 is 0 Å². The van der Waals surface area contributed by atoms with Gasteiger partial charge < -0.3 is 5.11 Å². The van der Waals surface area contributed by atoms with E-state index in [1.165, 1.54) is 22.5 Å². The number of nitro benzene ring substituents is 1. The molecule has 0 aromatic heterocycles. The molecule has 1 N–H and O–H groups in total. The molecule has 0 spiro atoms. The van der Waals surface area contributed by atoms with Crippen LogP contribution in [0.2, 0.25) is 0 Å². The fourth-order valence-corrected chi connectivity index (χ4v) is 4.27. The van der Waals surface area contributed by atoms with E-state index in [1.54, 1.807) is 0 Å². The van der Waals surface area contributed by atoms with E-state index in [-0.39, 0.29) is 17.2 Å². The van der Waals surface area contributed by atoms with Crippen LogP contribution < -0.4 is 0 Å². The van der Waals surface area contributed by atoms with E-state index in [1.807, 2.05) is 0 Å². The highest BCUT2D eigenvalue weighted by Crippen LogP contribution is 2.26. The van der Waals surface area contributed by atoms with Gasteiger partial charge in [-0.15, -0.1) is 0 Å². The fraction of sp³-hybridized carbons (Fsp3) is 0.538. The van der Waals surface area contributed by atoms with Crippen molar-refractivity contribution in [2.24, 2.45) is 0 Å². The van der Waals surface area contributed by atoms with Crippen LogP contribution in [0.4, 0.5) is 5.69 Å². The van der Waals surface area contributed by atoms with Crippen molar-refractivity contribution in [2.45, 2.75) is 36.6 Å². The molecule has 1 saturated heterocycles. The highest BCUT2D eigenvalue weighted by atomic mass is 32.2. The molecule has 0 radical (unpaired) electrons. The second-order valence-corrected chi connectivity index (χ2v) is 6.95. The maximum Gasteiger partial charge on any atom is 0.270 e. The molecule has 116 valence electrons. The number of aliphatic hydroxyl groups excluding tert-OH is 1. The average molecular weight is 314 g/mol. The molecule has 1 aromatic carbocycles. The molecule has 1 aromatic rings. The minimum absolute atomic E-state index is 0.1000. The molecular weight excluding hydrogens is 296 g/mol. The molecule has 0 bridgehead atoms. The van der Waals surface area contributed by atoms with Gasteiger partial charge in [-0.2, -0.15) is 4.31 Å². The molecule has 8 heteroatoms. The van der Waals surface area contributed by atoms with Crippen molar-refractivity contribution in [3.63, 3.8) is 0 Å². The Morgan fingerprint density at radius 3 is 2.76 bits per heavy atom. The van der Waals surface area contributed by atoms with Crippen LogP contribution in [0.3, 0.4) is 0 Å². The summed E-state index contributed by atoms with van der Waals surface area (Å²) in [6, 6.07) is 4.56. The molecule has 1 unspecified atom stereocenters. The van der Waals surface area contributed by atoms with Crippen molar-refractivity contribution < 1.29 is 18.4 Å². The maximum absolute atomic E-state index is 12.7. The molecular formula is C13H18N2O5S. The summed E-state index contributed by atoms with van der Waals surface area (Å²) >= 11 is 0. The molecule has 2 rings (SSSR count). The van der Waals surface area contributed by atoms with Crippen LogP contribution in [-0.4, -0.2) is 41.9 Å². The van der Waals surface area contributed by atoms with Crippen molar-refractivity contribution in [2.75, 3.05) is 13.2 Å². The lowest BCUT2D eigenvalue weighted by molar-refractivity contribution is -0.385. The molecule has 1 fully saturated rings. The summed E-state index contributed by atoms with van der Waals surface area (Å²) in [5.41, 5.74) is -0.258. The first-order valence-corrected chi connectivity index (χ1v) is 8.28. The van der Waals surface area contributed by atoms with Crippen LogP contribution in [0.15, 0.2) is 29.2 Å². The molecule has 0 aliphatic carbocycles. The second-order valence-electron chi connectivity index (χ2n) is 5.06. The molecule has 0 saturated carbocycles. The Balaban J connectivity index is 2.39. The van der Waals surface area contributed by atoms with E-state index < -0.39 is 21.0 Å². The lowest BCUT2D eigenvalue weighted by Gasteiger charge is -2.27. The van der Waals surface area contributed by atoms with Crippen LogP contribution >= 0.6 is 0 Å². The van der Waals surface area contributed by atoms with Crippen LogP contribution in [0.5, 0.6) is 0 Å². The molecule has 21 heavy (non-hydrogen) atoms. The van der Waals surface area contributed by atoms with Crippen molar-refractivity contribution in [3.05, 3.63) is 34.4 Å². The predicted octanol–water partition coefficient (Wildman–Crippen LogP) is 1.52. The van der Waals surface area contributed by atoms with Gasteiger partial charge in [0.2, 0.25) is 10.0 Å². The zero-order valence-corrected chi connectivity index (χ0v) is 12.3. The Bertz CT molecular complexity index is 617. The van der Waals surface area contributed by atoms with Crippen LogP contribution in [0.1, 0.15) is 25.7 Å². The first-order chi connectivity index (χ1) is 9.96. The largest absolute Gasteiger partial charge is 0.395 e. The summed E-state index contributed by atoms with van der Waals surface area (Å²) in [5.74, 6) is 0. The third-order valence-electron chi connectivity index (χ3n) is 3.67. The topological polar surface area (TPSA) is 101 Å². The number of aliphatic hydroxyl groups is 1. The van der Waals surface area contributed by atoms with E-state index in [9.17, 15) is 23.6 Å². The number of benzene rings is 1. The zero-order valence-electron chi connectivity index (χ0n) is 11.5. The van der Waals surface area contributed by atoms with Gasteiger partial charge in [0.05, 0.1) is 16.4 Å². The molecule has 7 nitrogen and oxygen atoms in total. The minimum atomic E-state index is -3.83. The summed E-state index contributed by atoms with van der Waals surface area (Å²) < 4.78 is 26.6. The Hall–Kier alpha value is -1.51. The third kappa shape index (κ3) is 3.39. The Kier molecular flexibility index (Phi) is 4.92. The number of non-ortho nitro benzene ring substituents is 1. The fourth-order valence-electron chi connectivity index (χ4n) is 2.54. The normalized spacial score (nSPS) is 20.9. The smallest absolute Gasteiger partial charge is 0.270 e. The van der Waals surface area contributed by atoms with Gasteiger partial charge in [0.1, 0.15) is 0 Å². The van der Waals surface area contributed by atoms with E-state index in [4.69, 9.17) is 0 Å². The molecule has 1 atom stereocenters. The summed E-state index contributed by atoms with van der Waals surface area (Å²) in [6.07, 6.45) is 3.11. The first kappa shape index (κ1) is 15.9. The molecule has 0 amide bonds.